The number of nitrogens with zero attached hydrogens (tertiary/aromatic N) is 4. The maximum Gasteiger partial charge on any atom is 0.122 e. The van der Waals surface area contributed by atoms with E-state index in [2.05, 4.69) is 14.5 Å². The normalized spacial score (nSPS) is 15.2. The first-order valence-corrected chi connectivity index (χ1v) is 7.16. The second kappa shape index (κ2) is 4.86. The zero-order valence-electron chi connectivity index (χ0n) is 11.7. The molecule has 0 spiro atoms. The van der Waals surface area contributed by atoms with Crippen molar-refractivity contribution in [1.82, 2.24) is 19.4 Å². The van der Waals surface area contributed by atoms with Crippen LogP contribution >= 0.6 is 0 Å². The Morgan fingerprint density at radius 1 is 1.19 bits per heavy atom. The maximum atomic E-state index is 6.15. The predicted molar refractivity (Wildman–Crippen MR) is 82.5 cm³/mol. The van der Waals surface area contributed by atoms with E-state index in [0.717, 1.165) is 54.3 Å². The van der Waals surface area contributed by atoms with Crippen LogP contribution in [0.3, 0.4) is 0 Å². The lowest BCUT2D eigenvalue weighted by molar-refractivity contribution is 0.207. The van der Waals surface area contributed by atoms with Gasteiger partial charge in [0.05, 0.1) is 17.8 Å². The van der Waals surface area contributed by atoms with Gasteiger partial charge in [-0.1, -0.05) is 18.2 Å². The molecule has 0 saturated heterocycles. The summed E-state index contributed by atoms with van der Waals surface area (Å²) in [6, 6.07) is 10.0. The number of aromatic nitrogens is 3. The van der Waals surface area contributed by atoms with Crippen LogP contribution in [-0.2, 0) is 19.6 Å². The number of fused-ring (bicyclic) bond motifs is 2. The van der Waals surface area contributed by atoms with Gasteiger partial charge in [-0.3, -0.25) is 9.88 Å². The Labute approximate surface area is 123 Å². The van der Waals surface area contributed by atoms with E-state index >= 15 is 0 Å². The third-order valence-corrected chi connectivity index (χ3v) is 4.01. The van der Waals surface area contributed by atoms with Gasteiger partial charge < -0.3 is 10.3 Å². The van der Waals surface area contributed by atoms with Gasteiger partial charge in [0.1, 0.15) is 5.82 Å². The summed E-state index contributed by atoms with van der Waals surface area (Å²) in [5.74, 6) is 1.12. The summed E-state index contributed by atoms with van der Waals surface area (Å²) in [6.07, 6.45) is 3.91. The fourth-order valence-electron chi connectivity index (χ4n) is 2.93. The molecular weight excluding hydrogens is 262 g/mol. The van der Waals surface area contributed by atoms with Crippen molar-refractivity contribution in [2.24, 2.45) is 0 Å². The molecule has 0 radical (unpaired) electrons. The highest BCUT2D eigenvalue weighted by molar-refractivity contribution is 5.90. The second-order valence-corrected chi connectivity index (χ2v) is 5.47. The zero-order valence-corrected chi connectivity index (χ0v) is 11.7. The molecule has 0 saturated carbocycles. The van der Waals surface area contributed by atoms with Crippen molar-refractivity contribution >= 4 is 16.6 Å². The third kappa shape index (κ3) is 2.25. The number of hydrogen-bond acceptors (Lipinski definition) is 4. The number of para-hydroxylation sites is 1. The molecule has 0 aliphatic carbocycles. The Morgan fingerprint density at radius 3 is 3.05 bits per heavy atom. The van der Waals surface area contributed by atoms with Gasteiger partial charge in [-0.05, 0) is 12.1 Å². The summed E-state index contributed by atoms with van der Waals surface area (Å²) in [5.41, 5.74) is 8.93. The van der Waals surface area contributed by atoms with Gasteiger partial charge in [-0.2, -0.15) is 0 Å². The molecular formula is C16H17N5. The van der Waals surface area contributed by atoms with Crippen LogP contribution in [0.15, 0.2) is 42.7 Å². The van der Waals surface area contributed by atoms with Crippen molar-refractivity contribution in [1.29, 1.82) is 0 Å². The van der Waals surface area contributed by atoms with Gasteiger partial charge in [0.2, 0.25) is 0 Å². The number of pyridine rings is 1. The molecule has 0 atom stereocenters. The van der Waals surface area contributed by atoms with Gasteiger partial charge in [0.15, 0.2) is 0 Å². The number of nitrogen functional groups attached to an aromatic ring is 1. The zero-order chi connectivity index (χ0) is 14.2. The van der Waals surface area contributed by atoms with E-state index in [1.165, 1.54) is 0 Å². The molecule has 5 heteroatoms. The largest absolute Gasteiger partial charge is 0.398 e. The van der Waals surface area contributed by atoms with E-state index in [1.54, 1.807) is 0 Å². The van der Waals surface area contributed by atoms with E-state index < -0.39 is 0 Å². The molecule has 2 N–H and O–H groups in total. The number of benzene rings is 1. The predicted octanol–water partition coefficient (Wildman–Crippen LogP) is 2.03. The molecule has 0 bridgehead atoms. The first-order chi connectivity index (χ1) is 10.3. The number of anilines is 1. The van der Waals surface area contributed by atoms with Gasteiger partial charge in [-0.15, -0.1) is 0 Å². The standard InChI is InChI=1S/C16H17N5/c17-14-9-12(19-15-4-2-1-3-13(14)15)10-20-7-8-21-6-5-18-16(21)11-20/h1-6,9H,7-8,10-11H2,(H2,17,19). The van der Waals surface area contributed by atoms with E-state index in [9.17, 15) is 0 Å². The molecule has 4 rings (SSSR count). The lowest BCUT2D eigenvalue weighted by Crippen LogP contribution is -2.33. The van der Waals surface area contributed by atoms with Gasteiger partial charge in [0, 0.05) is 43.1 Å². The van der Waals surface area contributed by atoms with E-state index in [-0.39, 0.29) is 0 Å². The van der Waals surface area contributed by atoms with Crippen LogP contribution in [0.5, 0.6) is 0 Å². The Morgan fingerprint density at radius 2 is 2.10 bits per heavy atom. The molecule has 21 heavy (non-hydrogen) atoms. The highest BCUT2D eigenvalue weighted by atomic mass is 15.2. The Kier molecular flexibility index (Phi) is 2.86. The summed E-state index contributed by atoms with van der Waals surface area (Å²) in [4.78, 5) is 11.5. The Hall–Kier alpha value is -2.40. The van der Waals surface area contributed by atoms with Crippen LogP contribution in [0, 0.1) is 0 Å². The molecule has 0 unspecified atom stereocenters. The number of hydrogen-bond donors (Lipinski definition) is 1. The minimum atomic E-state index is 0.800. The number of rotatable bonds is 2. The molecule has 106 valence electrons. The maximum absolute atomic E-state index is 6.15. The van der Waals surface area contributed by atoms with Crippen molar-refractivity contribution < 1.29 is 0 Å². The van der Waals surface area contributed by atoms with Crippen molar-refractivity contribution in [3.63, 3.8) is 0 Å². The number of imidazole rings is 1. The first kappa shape index (κ1) is 12.3. The highest BCUT2D eigenvalue weighted by Gasteiger charge is 2.17. The Balaban J connectivity index is 1.60. The van der Waals surface area contributed by atoms with Gasteiger partial charge in [0.25, 0.3) is 0 Å². The number of nitrogens with two attached hydrogens (primary N) is 1. The fraction of sp³-hybridized carbons (Fsp3) is 0.250. The molecule has 0 amide bonds. The summed E-state index contributed by atoms with van der Waals surface area (Å²) in [7, 11) is 0. The van der Waals surface area contributed by atoms with E-state index in [4.69, 9.17) is 10.7 Å². The average molecular weight is 279 g/mol. The molecule has 1 aliphatic rings. The molecule has 2 aromatic heterocycles. The summed E-state index contributed by atoms with van der Waals surface area (Å²) in [6.45, 7) is 3.67. The first-order valence-electron chi connectivity index (χ1n) is 7.16. The van der Waals surface area contributed by atoms with Crippen LogP contribution in [0.2, 0.25) is 0 Å². The summed E-state index contributed by atoms with van der Waals surface area (Å²) in [5, 5.41) is 1.02. The van der Waals surface area contributed by atoms with Crippen LogP contribution in [0.4, 0.5) is 5.69 Å². The Bertz CT molecular complexity index is 792. The monoisotopic (exact) mass is 279 g/mol. The van der Waals surface area contributed by atoms with Crippen molar-refractivity contribution in [3.05, 3.63) is 54.2 Å². The summed E-state index contributed by atoms with van der Waals surface area (Å²) < 4.78 is 2.21. The van der Waals surface area contributed by atoms with Crippen molar-refractivity contribution in [3.8, 4) is 0 Å². The van der Waals surface area contributed by atoms with E-state index in [1.807, 2.05) is 42.7 Å². The molecule has 1 aliphatic heterocycles. The lowest BCUT2D eigenvalue weighted by atomic mass is 10.1. The topological polar surface area (TPSA) is 60.0 Å². The van der Waals surface area contributed by atoms with Gasteiger partial charge in [-0.25, -0.2) is 4.98 Å². The van der Waals surface area contributed by atoms with Crippen LogP contribution in [0.1, 0.15) is 11.5 Å². The average Bonchev–Trinajstić information content (AvgIpc) is 2.95. The van der Waals surface area contributed by atoms with Crippen molar-refractivity contribution in [2.45, 2.75) is 19.6 Å². The molecule has 3 aromatic rings. The van der Waals surface area contributed by atoms with Crippen LogP contribution < -0.4 is 5.73 Å². The third-order valence-electron chi connectivity index (χ3n) is 4.01. The summed E-state index contributed by atoms with van der Waals surface area (Å²) >= 11 is 0. The molecule has 0 fully saturated rings. The smallest absolute Gasteiger partial charge is 0.122 e. The highest BCUT2D eigenvalue weighted by Crippen LogP contribution is 2.21. The van der Waals surface area contributed by atoms with Crippen LogP contribution in [-0.4, -0.2) is 26.0 Å². The van der Waals surface area contributed by atoms with Crippen LogP contribution in [0.25, 0.3) is 10.9 Å². The second-order valence-electron chi connectivity index (χ2n) is 5.47. The fourth-order valence-corrected chi connectivity index (χ4v) is 2.93. The molecule has 3 heterocycles. The van der Waals surface area contributed by atoms with E-state index in [0.29, 0.717) is 0 Å². The lowest BCUT2D eigenvalue weighted by Gasteiger charge is -2.27. The molecule has 5 nitrogen and oxygen atoms in total. The van der Waals surface area contributed by atoms with Gasteiger partial charge >= 0.3 is 0 Å². The molecule has 1 aromatic carbocycles. The SMILES string of the molecule is Nc1cc(CN2CCn3ccnc3C2)nc2ccccc12. The quantitative estimate of drug-likeness (QED) is 0.779. The van der Waals surface area contributed by atoms with Crippen molar-refractivity contribution in [2.75, 3.05) is 12.3 Å². The minimum Gasteiger partial charge on any atom is -0.398 e. The minimum absolute atomic E-state index is 0.800.